The van der Waals surface area contributed by atoms with E-state index in [1.165, 1.54) is 0 Å². The average Bonchev–Trinajstić information content (AvgIpc) is 2.97. The van der Waals surface area contributed by atoms with Crippen molar-refractivity contribution < 1.29 is 19.0 Å². The zero-order valence-electron chi connectivity index (χ0n) is 12.8. The summed E-state index contributed by atoms with van der Waals surface area (Å²) in [5.41, 5.74) is 5.84. The fraction of sp³-hybridized carbons (Fsp3) is 0.533. The van der Waals surface area contributed by atoms with Crippen molar-refractivity contribution in [2.75, 3.05) is 19.9 Å². The van der Waals surface area contributed by atoms with E-state index in [1.54, 1.807) is 18.2 Å². The Kier molecular flexibility index (Phi) is 7.27. The predicted molar refractivity (Wildman–Crippen MR) is 85.7 cm³/mol. The number of halogens is 1. The molecular weight excluding hydrogens is 308 g/mol. The summed E-state index contributed by atoms with van der Waals surface area (Å²) in [5.74, 6) is 2.10. The zero-order chi connectivity index (χ0) is 15.2. The number of rotatable bonds is 7. The summed E-state index contributed by atoms with van der Waals surface area (Å²) in [6.07, 6.45) is 0.877. The number of amides is 1. The molecule has 1 aromatic rings. The van der Waals surface area contributed by atoms with E-state index in [1.807, 2.05) is 13.8 Å². The molecule has 22 heavy (non-hydrogen) atoms. The lowest BCUT2D eigenvalue weighted by atomic mass is 9.99. The third-order valence-electron chi connectivity index (χ3n) is 3.57. The molecule has 0 aliphatic carbocycles. The van der Waals surface area contributed by atoms with Crippen molar-refractivity contribution in [3.05, 3.63) is 18.2 Å². The van der Waals surface area contributed by atoms with Crippen LogP contribution in [0.2, 0.25) is 0 Å². The van der Waals surface area contributed by atoms with Crippen LogP contribution in [0.3, 0.4) is 0 Å². The van der Waals surface area contributed by atoms with Gasteiger partial charge in [-0.3, -0.25) is 4.79 Å². The Morgan fingerprint density at radius 3 is 2.86 bits per heavy atom. The van der Waals surface area contributed by atoms with Crippen molar-refractivity contribution in [1.29, 1.82) is 0 Å². The van der Waals surface area contributed by atoms with E-state index >= 15 is 0 Å². The van der Waals surface area contributed by atoms with E-state index in [2.05, 4.69) is 5.32 Å². The summed E-state index contributed by atoms with van der Waals surface area (Å²) in [5, 5.41) is 2.78. The molecule has 0 spiro atoms. The van der Waals surface area contributed by atoms with Gasteiger partial charge in [-0.05, 0) is 18.1 Å². The molecule has 2 rings (SSSR count). The van der Waals surface area contributed by atoms with Gasteiger partial charge in [-0.1, -0.05) is 20.3 Å². The molecule has 6 nitrogen and oxygen atoms in total. The maximum Gasteiger partial charge on any atom is 0.237 e. The van der Waals surface area contributed by atoms with Crippen LogP contribution in [0.25, 0.3) is 0 Å². The number of nitrogens with one attached hydrogen (secondary N) is 1. The van der Waals surface area contributed by atoms with Gasteiger partial charge >= 0.3 is 0 Å². The first-order chi connectivity index (χ1) is 10.1. The molecule has 1 aliphatic heterocycles. The number of hydrogen-bond donors (Lipinski definition) is 2. The van der Waals surface area contributed by atoms with Crippen LogP contribution in [-0.2, 0) is 4.79 Å². The molecule has 1 heterocycles. The van der Waals surface area contributed by atoms with E-state index in [-0.39, 0.29) is 31.0 Å². The molecule has 7 heteroatoms. The molecule has 2 atom stereocenters. The van der Waals surface area contributed by atoms with Gasteiger partial charge in [0, 0.05) is 6.07 Å². The van der Waals surface area contributed by atoms with Crippen molar-refractivity contribution in [2.45, 2.75) is 26.3 Å². The van der Waals surface area contributed by atoms with Gasteiger partial charge in [0.05, 0.1) is 12.6 Å². The minimum atomic E-state index is -0.472. The van der Waals surface area contributed by atoms with Gasteiger partial charge in [-0.25, -0.2) is 0 Å². The zero-order valence-corrected chi connectivity index (χ0v) is 13.7. The van der Waals surface area contributed by atoms with Gasteiger partial charge in [0.15, 0.2) is 11.5 Å². The molecule has 1 amide bonds. The molecule has 3 N–H and O–H groups in total. The Balaban J connectivity index is 0.00000242. The van der Waals surface area contributed by atoms with Crippen LogP contribution < -0.4 is 25.3 Å². The fourth-order valence-corrected chi connectivity index (χ4v) is 1.94. The summed E-state index contributed by atoms with van der Waals surface area (Å²) < 4.78 is 16.0. The average molecular weight is 331 g/mol. The lowest BCUT2D eigenvalue weighted by Crippen LogP contribution is -2.45. The van der Waals surface area contributed by atoms with E-state index in [0.29, 0.717) is 24.7 Å². The second kappa shape index (κ2) is 8.70. The molecule has 1 aliphatic rings. The number of carbonyl (C=O) groups is 1. The summed E-state index contributed by atoms with van der Waals surface area (Å²) >= 11 is 0. The van der Waals surface area contributed by atoms with Crippen molar-refractivity contribution >= 4 is 18.3 Å². The topological polar surface area (TPSA) is 82.8 Å². The summed E-state index contributed by atoms with van der Waals surface area (Å²) in [6.45, 7) is 5.01. The standard InChI is InChI=1S/C15H22N2O4.ClH/c1-3-10(2)14(16)15(18)17-6-7-19-11-4-5-12-13(8-11)21-9-20-12;/h4-5,8,10,14H,3,6-7,9,16H2,1-2H3,(H,17,18);1H. The van der Waals surface area contributed by atoms with Crippen molar-refractivity contribution in [3.63, 3.8) is 0 Å². The summed E-state index contributed by atoms with van der Waals surface area (Å²) in [6, 6.07) is 4.91. The van der Waals surface area contributed by atoms with Crippen LogP contribution >= 0.6 is 12.4 Å². The first-order valence-electron chi connectivity index (χ1n) is 7.17. The molecule has 0 fully saturated rings. The highest BCUT2D eigenvalue weighted by Gasteiger charge is 2.18. The molecule has 0 saturated heterocycles. The molecule has 0 radical (unpaired) electrons. The van der Waals surface area contributed by atoms with Crippen LogP contribution in [0, 0.1) is 5.92 Å². The van der Waals surface area contributed by atoms with E-state index in [4.69, 9.17) is 19.9 Å². The van der Waals surface area contributed by atoms with Crippen LogP contribution in [0.1, 0.15) is 20.3 Å². The maximum atomic E-state index is 11.8. The minimum Gasteiger partial charge on any atom is -0.492 e. The quantitative estimate of drug-likeness (QED) is 0.744. The highest BCUT2D eigenvalue weighted by atomic mass is 35.5. The largest absolute Gasteiger partial charge is 0.492 e. The van der Waals surface area contributed by atoms with E-state index in [9.17, 15) is 4.79 Å². The maximum absolute atomic E-state index is 11.8. The van der Waals surface area contributed by atoms with Crippen molar-refractivity contribution in [1.82, 2.24) is 5.32 Å². The normalized spacial score (nSPS) is 14.7. The third-order valence-corrected chi connectivity index (χ3v) is 3.57. The van der Waals surface area contributed by atoms with Crippen LogP contribution in [0.15, 0.2) is 18.2 Å². The lowest BCUT2D eigenvalue weighted by molar-refractivity contribution is -0.123. The van der Waals surface area contributed by atoms with Gasteiger partial charge in [-0.2, -0.15) is 0 Å². The first kappa shape index (κ1) is 18.4. The van der Waals surface area contributed by atoms with Gasteiger partial charge < -0.3 is 25.3 Å². The molecule has 124 valence electrons. The Labute approximate surface area is 136 Å². The number of ether oxygens (including phenoxy) is 3. The lowest BCUT2D eigenvalue weighted by Gasteiger charge is -2.17. The van der Waals surface area contributed by atoms with Crippen molar-refractivity contribution in [2.24, 2.45) is 11.7 Å². The number of carbonyl (C=O) groups excluding carboxylic acids is 1. The molecule has 1 aromatic carbocycles. The smallest absolute Gasteiger partial charge is 0.237 e. The molecule has 2 unspecified atom stereocenters. The van der Waals surface area contributed by atoms with Crippen LogP contribution in [0.4, 0.5) is 0 Å². The van der Waals surface area contributed by atoms with Crippen LogP contribution in [0.5, 0.6) is 17.2 Å². The number of benzene rings is 1. The van der Waals surface area contributed by atoms with Crippen molar-refractivity contribution in [3.8, 4) is 17.2 Å². The Morgan fingerprint density at radius 2 is 2.14 bits per heavy atom. The van der Waals surface area contributed by atoms with Gasteiger partial charge in [0.1, 0.15) is 12.4 Å². The van der Waals surface area contributed by atoms with Gasteiger partial charge in [-0.15, -0.1) is 12.4 Å². The molecule has 0 aromatic heterocycles. The van der Waals surface area contributed by atoms with Crippen LogP contribution in [-0.4, -0.2) is 31.9 Å². The Morgan fingerprint density at radius 1 is 1.41 bits per heavy atom. The van der Waals surface area contributed by atoms with Gasteiger partial charge in [0.2, 0.25) is 12.7 Å². The predicted octanol–water partition coefficient (Wildman–Crippen LogP) is 1.71. The number of hydrogen-bond acceptors (Lipinski definition) is 5. The monoisotopic (exact) mass is 330 g/mol. The minimum absolute atomic E-state index is 0. The molecule has 0 saturated carbocycles. The third kappa shape index (κ3) is 4.68. The Hall–Kier alpha value is -1.66. The second-order valence-corrected chi connectivity index (χ2v) is 5.07. The molecule has 0 bridgehead atoms. The highest BCUT2D eigenvalue weighted by Crippen LogP contribution is 2.34. The summed E-state index contributed by atoms with van der Waals surface area (Å²) in [4.78, 5) is 11.8. The Bertz CT molecular complexity index is 498. The summed E-state index contributed by atoms with van der Waals surface area (Å²) in [7, 11) is 0. The second-order valence-electron chi connectivity index (χ2n) is 5.07. The highest BCUT2D eigenvalue weighted by molar-refractivity contribution is 5.85. The SMILES string of the molecule is CCC(C)C(N)C(=O)NCCOc1ccc2c(c1)OCO2.Cl. The number of fused-ring (bicyclic) bond motifs is 1. The van der Waals surface area contributed by atoms with E-state index < -0.39 is 6.04 Å². The number of nitrogens with two attached hydrogens (primary N) is 1. The first-order valence-corrected chi connectivity index (χ1v) is 7.17. The van der Waals surface area contributed by atoms with Gasteiger partial charge in [0.25, 0.3) is 0 Å². The molecular formula is C15H23ClN2O4. The fourth-order valence-electron chi connectivity index (χ4n) is 1.94. The van der Waals surface area contributed by atoms with E-state index in [0.717, 1.165) is 12.2 Å².